The molecule has 0 aromatic carbocycles. The van der Waals surface area contributed by atoms with Crippen molar-refractivity contribution in [3.05, 3.63) is 28.6 Å². The molecule has 3 nitrogen and oxygen atoms in total. The highest BCUT2D eigenvalue weighted by molar-refractivity contribution is 5.41. The van der Waals surface area contributed by atoms with Gasteiger partial charge in [0.15, 0.2) is 5.69 Å². The van der Waals surface area contributed by atoms with Crippen LogP contribution in [0.15, 0.2) is 6.07 Å². The second-order valence-corrected chi connectivity index (χ2v) is 3.00. The average molecular weight is 252 g/mol. The topological polar surface area (TPSA) is 56.9 Å². The van der Waals surface area contributed by atoms with Gasteiger partial charge in [0.25, 0.3) is 6.43 Å². The summed E-state index contributed by atoms with van der Waals surface area (Å²) in [6, 6.07) is 1.54. The summed E-state index contributed by atoms with van der Waals surface area (Å²) in [6.07, 6.45) is -8.05. The third kappa shape index (κ3) is 2.68. The zero-order valence-corrected chi connectivity index (χ0v) is 8.09. The van der Waals surface area contributed by atoms with Gasteiger partial charge >= 0.3 is 6.18 Å². The summed E-state index contributed by atoms with van der Waals surface area (Å²) in [4.78, 5) is 2.92. The molecule has 0 saturated carbocycles. The smallest absolute Gasteiger partial charge is 0.392 e. The van der Waals surface area contributed by atoms with Crippen LogP contribution >= 0.6 is 0 Å². The Morgan fingerprint density at radius 1 is 1.41 bits per heavy atom. The van der Waals surface area contributed by atoms with Gasteiger partial charge in [0.2, 0.25) is 0 Å². The lowest BCUT2D eigenvalue weighted by atomic mass is 10.1. The van der Waals surface area contributed by atoms with Crippen LogP contribution in [0.5, 0.6) is 0 Å². The first-order chi connectivity index (χ1) is 7.81. The van der Waals surface area contributed by atoms with Gasteiger partial charge in [-0.1, -0.05) is 0 Å². The molecule has 1 N–H and O–H groups in total. The van der Waals surface area contributed by atoms with E-state index >= 15 is 0 Å². The highest BCUT2D eigenvalue weighted by Crippen LogP contribution is 2.35. The number of aliphatic hydroxyl groups is 1. The van der Waals surface area contributed by atoms with Gasteiger partial charge in [-0.3, -0.25) is 0 Å². The van der Waals surface area contributed by atoms with Crippen LogP contribution in [0.25, 0.3) is 0 Å². The van der Waals surface area contributed by atoms with E-state index in [0.717, 1.165) is 6.07 Å². The second kappa shape index (κ2) is 4.63. The number of nitrogens with zero attached hydrogens (tertiary/aromatic N) is 2. The maximum Gasteiger partial charge on any atom is 0.419 e. The number of alkyl halides is 5. The molecule has 1 aromatic rings. The summed E-state index contributed by atoms with van der Waals surface area (Å²) in [7, 11) is 0. The van der Waals surface area contributed by atoms with E-state index in [1.807, 2.05) is 0 Å². The van der Waals surface area contributed by atoms with Crippen molar-refractivity contribution in [3.8, 4) is 6.07 Å². The number of aliphatic hydroxyl groups excluding tert-OH is 1. The fraction of sp³-hybridized carbons (Fsp3) is 0.333. The minimum Gasteiger partial charge on any atom is -0.392 e. The number of nitriles is 1. The van der Waals surface area contributed by atoms with Crippen LogP contribution in [0, 0.1) is 11.3 Å². The summed E-state index contributed by atoms with van der Waals surface area (Å²) in [6.45, 7) is -1.11. The van der Waals surface area contributed by atoms with E-state index in [9.17, 15) is 22.0 Å². The van der Waals surface area contributed by atoms with Crippen molar-refractivity contribution in [2.24, 2.45) is 0 Å². The molecule has 0 aliphatic carbocycles. The molecule has 0 radical (unpaired) electrons. The van der Waals surface area contributed by atoms with Crippen LogP contribution in [-0.4, -0.2) is 10.1 Å². The molecule has 0 amide bonds. The Morgan fingerprint density at radius 2 is 2.00 bits per heavy atom. The van der Waals surface area contributed by atoms with E-state index < -0.39 is 41.7 Å². The Hall–Kier alpha value is -1.75. The van der Waals surface area contributed by atoms with E-state index in [-0.39, 0.29) is 0 Å². The van der Waals surface area contributed by atoms with Crippen LogP contribution in [0.1, 0.15) is 28.9 Å². The van der Waals surface area contributed by atoms with E-state index in [4.69, 9.17) is 10.4 Å². The molecule has 17 heavy (non-hydrogen) atoms. The number of pyridine rings is 1. The Bertz CT molecular complexity index is 464. The standard InChI is InChI=1S/C9H5F5N2O/c10-8(11)5-1-4(3-17)7(9(12,13)14)6(2-15)16-5/h1,8,17H,3H2. The van der Waals surface area contributed by atoms with Gasteiger partial charge in [0.1, 0.15) is 11.8 Å². The predicted molar refractivity (Wildman–Crippen MR) is 44.8 cm³/mol. The monoisotopic (exact) mass is 252 g/mol. The molecule has 1 rings (SSSR count). The molecule has 0 bridgehead atoms. The quantitative estimate of drug-likeness (QED) is 0.822. The van der Waals surface area contributed by atoms with Crippen molar-refractivity contribution < 1.29 is 27.1 Å². The summed E-state index contributed by atoms with van der Waals surface area (Å²) >= 11 is 0. The fourth-order valence-corrected chi connectivity index (χ4v) is 1.25. The Morgan fingerprint density at radius 3 is 2.35 bits per heavy atom. The Balaban J connectivity index is 3.55. The first-order valence-electron chi connectivity index (χ1n) is 4.21. The summed E-state index contributed by atoms with van der Waals surface area (Å²) in [5.74, 6) is 0. The molecule has 0 unspecified atom stereocenters. The molecular formula is C9H5F5N2O. The maximum atomic E-state index is 12.5. The van der Waals surface area contributed by atoms with Crippen LogP contribution in [0.4, 0.5) is 22.0 Å². The lowest BCUT2D eigenvalue weighted by Gasteiger charge is -2.13. The molecule has 0 spiro atoms. The van der Waals surface area contributed by atoms with Crippen molar-refractivity contribution in [1.82, 2.24) is 4.98 Å². The molecule has 0 saturated heterocycles. The molecule has 0 fully saturated rings. The summed E-state index contributed by atoms with van der Waals surface area (Å²) in [5.41, 5.74) is -4.41. The summed E-state index contributed by atoms with van der Waals surface area (Å²) in [5, 5.41) is 17.2. The van der Waals surface area contributed by atoms with E-state index in [0.29, 0.717) is 6.07 Å². The third-order valence-electron chi connectivity index (χ3n) is 1.90. The minimum absolute atomic E-state index is 0.439. The van der Waals surface area contributed by atoms with Crippen molar-refractivity contribution >= 4 is 0 Å². The minimum atomic E-state index is -4.93. The largest absolute Gasteiger partial charge is 0.419 e. The van der Waals surface area contributed by atoms with Crippen LogP contribution in [0.3, 0.4) is 0 Å². The van der Waals surface area contributed by atoms with Crippen LogP contribution in [0.2, 0.25) is 0 Å². The maximum absolute atomic E-state index is 12.5. The Kier molecular flexibility index (Phi) is 3.63. The lowest BCUT2D eigenvalue weighted by molar-refractivity contribution is -0.139. The van der Waals surface area contributed by atoms with Crippen molar-refractivity contribution in [1.29, 1.82) is 5.26 Å². The van der Waals surface area contributed by atoms with Crippen LogP contribution in [-0.2, 0) is 12.8 Å². The number of halogens is 5. The molecule has 0 aliphatic heterocycles. The van der Waals surface area contributed by atoms with Crippen molar-refractivity contribution in [2.75, 3.05) is 0 Å². The van der Waals surface area contributed by atoms with Crippen molar-refractivity contribution in [3.63, 3.8) is 0 Å². The normalized spacial score (nSPS) is 11.6. The number of rotatable bonds is 2. The van der Waals surface area contributed by atoms with E-state index in [2.05, 4.69) is 4.98 Å². The molecule has 0 atom stereocenters. The first kappa shape index (κ1) is 13.3. The third-order valence-corrected chi connectivity index (χ3v) is 1.90. The molecule has 1 heterocycles. The van der Waals surface area contributed by atoms with Gasteiger partial charge in [0.05, 0.1) is 12.2 Å². The van der Waals surface area contributed by atoms with E-state index in [1.54, 1.807) is 0 Å². The molecule has 0 aliphatic rings. The van der Waals surface area contributed by atoms with Gasteiger partial charge in [-0.25, -0.2) is 13.8 Å². The molecule has 1 aromatic heterocycles. The van der Waals surface area contributed by atoms with Gasteiger partial charge < -0.3 is 5.11 Å². The second-order valence-electron chi connectivity index (χ2n) is 3.00. The fourth-order valence-electron chi connectivity index (χ4n) is 1.25. The molecule has 92 valence electrons. The number of hydrogen-bond acceptors (Lipinski definition) is 3. The number of hydrogen-bond donors (Lipinski definition) is 1. The molecular weight excluding hydrogens is 247 g/mol. The lowest BCUT2D eigenvalue weighted by Crippen LogP contribution is -2.15. The van der Waals surface area contributed by atoms with Gasteiger partial charge in [-0.05, 0) is 11.6 Å². The molecule has 8 heteroatoms. The zero-order valence-electron chi connectivity index (χ0n) is 8.09. The Labute approximate surface area is 92.1 Å². The zero-order chi connectivity index (χ0) is 13.2. The van der Waals surface area contributed by atoms with E-state index in [1.165, 1.54) is 0 Å². The highest BCUT2D eigenvalue weighted by atomic mass is 19.4. The van der Waals surface area contributed by atoms with Gasteiger partial charge in [0, 0.05) is 0 Å². The number of aromatic nitrogens is 1. The van der Waals surface area contributed by atoms with Crippen LogP contribution < -0.4 is 0 Å². The first-order valence-corrected chi connectivity index (χ1v) is 4.21. The predicted octanol–water partition coefficient (Wildman–Crippen LogP) is 2.40. The summed E-state index contributed by atoms with van der Waals surface area (Å²) < 4.78 is 62.2. The highest BCUT2D eigenvalue weighted by Gasteiger charge is 2.38. The van der Waals surface area contributed by atoms with Crippen molar-refractivity contribution in [2.45, 2.75) is 19.2 Å². The average Bonchev–Trinajstić information content (AvgIpc) is 2.25. The van der Waals surface area contributed by atoms with Gasteiger partial charge in [-0.15, -0.1) is 0 Å². The van der Waals surface area contributed by atoms with Gasteiger partial charge in [-0.2, -0.15) is 18.4 Å². The SMILES string of the molecule is N#Cc1nc(C(F)F)cc(CO)c1C(F)(F)F.